The molecule has 0 fully saturated rings. The molecular formula is C23H31NO2. The Balaban J connectivity index is 2.06. The van der Waals surface area contributed by atoms with E-state index in [0.29, 0.717) is 6.42 Å². The molecule has 2 aromatic carbocycles. The van der Waals surface area contributed by atoms with Crippen LogP contribution in [-0.4, -0.2) is 12.0 Å². The number of benzene rings is 2. The van der Waals surface area contributed by atoms with E-state index in [1.165, 1.54) is 16.7 Å². The molecule has 0 saturated carbocycles. The molecular weight excluding hydrogens is 322 g/mol. The van der Waals surface area contributed by atoms with Gasteiger partial charge in [0.2, 0.25) is 0 Å². The minimum atomic E-state index is -0.483. The molecule has 2 aromatic rings. The second kappa shape index (κ2) is 9.42. The third-order valence-corrected chi connectivity index (χ3v) is 4.93. The molecule has 0 spiro atoms. The van der Waals surface area contributed by atoms with Crippen LogP contribution in [0.5, 0.6) is 5.75 Å². The first-order valence-corrected chi connectivity index (χ1v) is 9.61. The zero-order valence-corrected chi connectivity index (χ0v) is 16.6. The molecule has 0 aliphatic carbocycles. The molecule has 3 nitrogen and oxygen atoms in total. The Morgan fingerprint density at radius 2 is 1.65 bits per heavy atom. The number of carbonyl (C=O) groups excluding carboxylic acids is 1. The van der Waals surface area contributed by atoms with Crippen molar-refractivity contribution in [3.8, 4) is 5.75 Å². The fraction of sp³-hybridized carbons (Fsp3) is 0.435. The molecule has 26 heavy (non-hydrogen) atoms. The van der Waals surface area contributed by atoms with Crippen molar-refractivity contribution in [1.82, 2.24) is 5.32 Å². The Morgan fingerprint density at radius 3 is 2.19 bits per heavy atom. The molecule has 0 aliphatic rings. The predicted octanol–water partition coefficient (Wildman–Crippen LogP) is 5.29. The van der Waals surface area contributed by atoms with E-state index in [-0.39, 0.29) is 11.9 Å². The summed E-state index contributed by atoms with van der Waals surface area (Å²) in [5.41, 5.74) is 4.91. The first-order chi connectivity index (χ1) is 12.5. The monoisotopic (exact) mass is 353 g/mol. The number of hydrogen-bond donors (Lipinski definition) is 1. The van der Waals surface area contributed by atoms with E-state index < -0.39 is 6.10 Å². The predicted molar refractivity (Wildman–Crippen MR) is 108 cm³/mol. The second-order valence-corrected chi connectivity index (χ2v) is 6.83. The highest BCUT2D eigenvalue weighted by atomic mass is 16.5. The number of hydrogen-bond acceptors (Lipinski definition) is 2. The van der Waals surface area contributed by atoms with Gasteiger partial charge in [-0.15, -0.1) is 0 Å². The van der Waals surface area contributed by atoms with E-state index in [4.69, 9.17) is 4.74 Å². The molecule has 3 heteroatoms. The quantitative estimate of drug-likeness (QED) is 0.700. The number of carbonyl (C=O) groups is 1. The van der Waals surface area contributed by atoms with Gasteiger partial charge in [-0.3, -0.25) is 4.79 Å². The fourth-order valence-corrected chi connectivity index (χ4v) is 2.96. The lowest BCUT2D eigenvalue weighted by molar-refractivity contribution is -0.128. The summed E-state index contributed by atoms with van der Waals surface area (Å²) in [7, 11) is 0. The molecule has 0 aromatic heterocycles. The number of aryl methyl sites for hydroxylation is 3. The summed E-state index contributed by atoms with van der Waals surface area (Å²) in [5, 5.41) is 3.16. The maximum absolute atomic E-state index is 12.8. The lowest BCUT2D eigenvalue weighted by Crippen LogP contribution is -2.40. The van der Waals surface area contributed by atoms with Gasteiger partial charge in [0.15, 0.2) is 6.10 Å². The van der Waals surface area contributed by atoms with Crippen LogP contribution in [0.3, 0.4) is 0 Å². The van der Waals surface area contributed by atoms with Crippen LogP contribution in [0.2, 0.25) is 0 Å². The first kappa shape index (κ1) is 20.0. The first-order valence-electron chi connectivity index (χ1n) is 9.61. The maximum atomic E-state index is 12.8. The van der Waals surface area contributed by atoms with Gasteiger partial charge in [0, 0.05) is 0 Å². The van der Waals surface area contributed by atoms with Crippen LogP contribution in [0.4, 0.5) is 0 Å². The molecule has 0 radical (unpaired) electrons. The van der Waals surface area contributed by atoms with E-state index in [1.54, 1.807) is 0 Å². The molecule has 0 aliphatic heterocycles. The van der Waals surface area contributed by atoms with Crippen molar-refractivity contribution in [3.05, 3.63) is 64.7 Å². The zero-order valence-electron chi connectivity index (χ0n) is 16.6. The standard InChI is InChI=1S/C23H31NO2/c1-6-18-10-13-20(14-11-18)26-22(8-3)23(25)24-21(7-2)19-12-9-16(4)17(5)15-19/h9-15,21-22H,6-8H2,1-5H3,(H,24,25)/t21-,22+/m1/s1. The third-order valence-electron chi connectivity index (χ3n) is 4.93. The molecule has 2 rings (SSSR count). The molecule has 1 amide bonds. The molecule has 0 saturated heterocycles. The Kier molecular flexibility index (Phi) is 7.26. The lowest BCUT2D eigenvalue weighted by Gasteiger charge is -2.23. The summed E-state index contributed by atoms with van der Waals surface area (Å²) in [5.74, 6) is 0.681. The van der Waals surface area contributed by atoms with Crippen molar-refractivity contribution in [2.75, 3.05) is 0 Å². The number of rotatable bonds is 8. The van der Waals surface area contributed by atoms with Crippen molar-refractivity contribution < 1.29 is 9.53 Å². The summed E-state index contributed by atoms with van der Waals surface area (Å²) < 4.78 is 5.94. The van der Waals surface area contributed by atoms with E-state index >= 15 is 0 Å². The molecule has 1 N–H and O–H groups in total. The van der Waals surface area contributed by atoms with Gasteiger partial charge in [-0.2, -0.15) is 0 Å². The fourth-order valence-electron chi connectivity index (χ4n) is 2.96. The topological polar surface area (TPSA) is 38.3 Å². The molecule has 0 heterocycles. The van der Waals surface area contributed by atoms with E-state index in [2.05, 4.69) is 51.2 Å². The van der Waals surface area contributed by atoms with Crippen LogP contribution in [0, 0.1) is 13.8 Å². The number of nitrogens with one attached hydrogen (secondary N) is 1. The summed E-state index contributed by atoms with van der Waals surface area (Å²) in [6, 6.07) is 14.3. The molecule has 2 atom stereocenters. The molecule has 0 unspecified atom stereocenters. The summed E-state index contributed by atoms with van der Waals surface area (Å²) >= 11 is 0. The Hall–Kier alpha value is -2.29. The highest BCUT2D eigenvalue weighted by Gasteiger charge is 2.22. The minimum absolute atomic E-state index is 0.00178. The number of amides is 1. The minimum Gasteiger partial charge on any atom is -0.481 e. The Morgan fingerprint density at radius 1 is 0.962 bits per heavy atom. The Labute approximate surface area is 157 Å². The lowest BCUT2D eigenvalue weighted by atomic mass is 9.99. The van der Waals surface area contributed by atoms with Crippen LogP contribution in [-0.2, 0) is 11.2 Å². The van der Waals surface area contributed by atoms with E-state index in [1.807, 2.05) is 31.2 Å². The smallest absolute Gasteiger partial charge is 0.261 e. The third kappa shape index (κ3) is 5.10. The van der Waals surface area contributed by atoms with E-state index in [0.717, 1.165) is 24.2 Å². The second-order valence-electron chi connectivity index (χ2n) is 6.83. The van der Waals surface area contributed by atoms with Gasteiger partial charge in [0.25, 0.3) is 5.91 Å². The highest BCUT2D eigenvalue weighted by molar-refractivity contribution is 5.81. The average Bonchev–Trinajstić information content (AvgIpc) is 2.66. The normalized spacial score (nSPS) is 13.1. The van der Waals surface area contributed by atoms with E-state index in [9.17, 15) is 4.79 Å². The van der Waals surface area contributed by atoms with Gasteiger partial charge in [-0.05, 0) is 67.5 Å². The number of ether oxygens (including phenoxy) is 1. The highest BCUT2D eigenvalue weighted by Crippen LogP contribution is 2.21. The van der Waals surface area contributed by atoms with Crippen molar-refractivity contribution >= 4 is 5.91 Å². The van der Waals surface area contributed by atoms with Crippen LogP contribution >= 0.6 is 0 Å². The van der Waals surface area contributed by atoms with Crippen molar-refractivity contribution in [2.45, 2.75) is 66.0 Å². The maximum Gasteiger partial charge on any atom is 0.261 e. The summed E-state index contributed by atoms with van der Waals surface area (Å²) in [6.45, 7) is 10.4. The van der Waals surface area contributed by atoms with Crippen molar-refractivity contribution in [2.24, 2.45) is 0 Å². The van der Waals surface area contributed by atoms with Gasteiger partial charge < -0.3 is 10.1 Å². The van der Waals surface area contributed by atoms with Crippen LogP contribution < -0.4 is 10.1 Å². The zero-order chi connectivity index (χ0) is 19.1. The van der Waals surface area contributed by atoms with Gasteiger partial charge in [-0.1, -0.05) is 51.1 Å². The van der Waals surface area contributed by atoms with Crippen LogP contribution in [0.1, 0.15) is 61.9 Å². The summed E-state index contributed by atoms with van der Waals surface area (Å²) in [4.78, 5) is 12.8. The van der Waals surface area contributed by atoms with Gasteiger partial charge in [0.05, 0.1) is 6.04 Å². The van der Waals surface area contributed by atoms with Gasteiger partial charge in [-0.25, -0.2) is 0 Å². The Bertz CT molecular complexity index is 721. The van der Waals surface area contributed by atoms with Crippen molar-refractivity contribution in [1.29, 1.82) is 0 Å². The van der Waals surface area contributed by atoms with Gasteiger partial charge in [0.1, 0.15) is 5.75 Å². The molecule has 140 valence electrons. The largest absolute Gasteiger partial charge is 0.481 e. The molecule has 0 bridgehead atoms. The SMILES string of the molecule is CCc1ccc(O[C@@H](CC)C(=O)N[C@H](CC)c2ccc(C)c(C)c2)cc1. The van der Waals surface area contributed by atoms with Gasteiger partial charge >= 0.3 is 0 Å². The van der Waals surface area contributed by atoms with Crippen LogP contribution in [0.25, 0.3) is 0 Å². The van der Waals surface area contributed by atoms with Crippen molar-refractivity contribution in [3.63, 3.8) is 0 Å². The van der Waals surface area contributed by atoms with Crippen LogP contribution in [0.15, 0.2) is 42.5 Å². The summed E-state index contributed by atoms with van der Waals surface area (Å²) in [6.07, 6.45) is 1.98. The average molecular weight is 354 g/mol.